The van der Waals surface area contributed by atoms with Gasteiger partial charge in [-0.3, -0.25) is 9.88 Å². The molecule has 4 nitrogen and oxygen atoms in total. The number of rotatable bonds is 6. The number of nitrogens with zero attached hydrogens (tertiary/aromatic N) is 2. The zero-order chi connectivity index (χ0) is 17.7. The van der Waals surface area contributed by atoms with E-state index in [1.807, 2.05) is 12.3 Å². The Morgan fingerprint density at radius 3 is 2.76 bits per heavy atom. The quantitative estimate of drug-likeness (QED) is 0.801. The number of ether oxygens (including phenoxy) is 1. The van der Waals surface area contributed by atoms with E-state index in [-0.39, 0.29) is 0 Å². The minimum Gasteiger partial charge on any atom is -0.379 e. The molecular formula is C21H33N3O. The molecule has 1 N–H and O–H groups in total. The van der Waals surface area contributed by atoms with Gasteiger partial charge in [-0.1, -0.05) is 31.1 Å². The fraction of sp³-hybridized carbons (Fsp3) is 0.667. The summed E-state index contributed by atoms with van der Waals surface area (Å²) in [4.78, 5) is 7.13. The van der Waals surface area contributed by atoms with E-state index in [9.17, 15) is 0 Å². The molecule has 0 amide bonds. The lowest BCUT2D eigenvalue weighted by Gasteiger charge is -2.37. The molecule has 25 heavy (non-hydrogen) atoms. The van der Waals surface area contributed by atoms with Gasteiger partial charge in [0.15, 0.2) is 0 Å². The smallest absolute Gasteiger partial charge is 0.0648 e. The zero-order valence-corrected chi connectivity index (χ0v) is 16.1. The predicted octanol–water partition coefficient (Wildman–Crippen LogP) is 3.57. The summed E-state index contributed by atoms with van der Waals surface area (Å²) in [6.07, 6.45) is 5.79. The Balaban J connectivity index is 1.66. The molecule has 1 aliphatic heterocycles. The molecule has 0 saturated carbocycles. The number of hydrogen-bond acceptors (Lipinski definition) is 4. The fourth-order valence-electron chi connectivity index (χ4n) is 4.28. The largest absolute Gasteiger partial charge is 0.379 e. The van der Waals surface area contributed by atoms with Crippen LogP contribution in [0.25, 0.3) is 0 Å². The highest BCUT2D eigenvalue weighted by atomic mass is 16.5. The number of nitrogens with one attached hydrogen (secondary N) is 1. The number of hydrogen-bond donors (Lipinski definition) is 1. The van der Waals surface area contributed by atoms with Gasteiger partial charge in [0, 0.05) is 32.4 Å². The summed E-state index contributed by atoms with van der Waals surface area (Å²) in [5, 5.41) is 3.76. The number of aromatic nitrogens is 1. The lowest BCUT2D eigenvalue weighted by molar-refractivity contribution is 0.0154. The monoisotopic (exact) mass is 343 g/mol. The average molecular weight is 344 g/mol. The van der Waals surface area contributed by atoms with Crippen LogP contribution in [0.2, 0.25) is 0 Å². The summed E-state index contributed by atoms with van der Waals surface area (Å²) in [5.74, 6) is 0. The van der Waals surface area contributed by atoms with Gasteiger partial charge in [0.1, 0.15) is 0 Å². The van der Waals surface area contributed by atoms with Gasteiger partial charge in [-0.25, -0.2) is 0 Å². The van der Waals surface area contributed by atoms with Crippen LogP contribution in [0, 0.1) is 5.41 Å². The summed E-state index contributed by atoms with van der Waals surface area (Å²) >= 11 is 0. The molecule has 1 aliphatic carbocycles. The highest BCUT2D eigenvalue weighted by Crippen LogP contribution is 2.39. The zero-order valence-electron chi connectivity index (χ0n) is 16.1. The lowest BCUT2D eigenvalue weighted by atomic mass is 9.73. The highest BCUT2D eigenvalue weighted by Gasteiger charge is 2.29. The van der Waals surface area contributed by atoms with Crippen molar-refractivity contribution in [1.82, 2.24) is 15.2 Å². The van der Waals surface area contributed by atoms with E-state index in [0.29, 0.717) is 11.5 Å². The molecule has 1 fully saturated rings. The van der Waals surface area contributed by atoms with E-state index < -0.39 is 0 Å². The highest BCUT2D eigenvalue weighted by molar-refractivity contribution is 5.24. The molecular weight excluding hydrogens is 310 g/mol. The van der Waals surface area contributed by atoms with Gasteiger partial charge in [-0.15, -0.1) is 0 Å². The predicted molar refractivity (Wildman–Crippen MR) is 103 cm³/mol. The second kappa shape index (κ2) is 8.43. The van der Waals surface area contributed by atoms with E-state index in [2.05, 4.69) is 48.1 Å². The molecule has 138 valence electrons. The lowest BCUT2D eigenvalue weighted by Crippen LogP contribution is -2.43. The van der Waals surface area contributed by atoms with Crippen LogP contribution in [-0.4, -0.2) is 49.3 Å². The molecule has 1 aromatic heterocycles. The van der Waals surface area contributed by atoms with Crippen LogP contribution in [0.15, 0.2) is 35.5 Å². The van der Waals surface area contributed by atoms with Crippen LogP contribution in [0.4, 0.5) is 0 Å². The first kappa shape index (κ1) is 18.6. The molecule has 0 radical (unpaired) electrons. The van der Waals surface area contributed by atoms with Crippen molar-refractivity contribution in [3.05, 3.63) is 41.2 Å². The van der Waals surface area contributed by atoms with Crippen molar-refractivity contribution < 1.29 is 4.74 Å². The van der Waals surface area contributed by atoms with Gasteiger partial charge in [0.05, 0.1) is 24.9 Å². The number of pyridine rings is 1. The Labute approximate surface area is 152 Å². The SMILES string of the molecule is CC1=C(CNCC(c2ccccn2)N2CCOCC2)C(C)(C)CCC1. The second-order valence-corrected chi connectivity index (χ2v) is 8.05. The molecule has 0 bridgehead atoms. The van der Waals surface area contributed by atoms with Crippen LogP contribution in [0.3, 0.4) is 0 Å². The van der Waals surface area contributed by atoms with Gasteiger partial charge in [0.25, 0.3) is 0 Å². The van der Waals surface area contributed by atoms with E-state index in [4.69, 9.17) is 4.74 Å². The molecule has 0 spiro atoms. The first-order valence-electron chi connectivity index (χ1n) is 9.70. The van der Waals surface area contributed by atoms with Crippen LogP contribution in [0.1, 0.15) is 51.8 Å². The molecule has 4 heteroatoms. The van der Waals surface area contributed by atoms with E-state index >= 15 is 0 Å². The molecule has 1 aromatic rings. The summed E-state index contributed by atoms with van der Waals surface area (Å²) < 4.78 is 5.54. The van der Waals surface area contributed by atoms with Crippen LogP contribution in [0.5, 0.6) is 0 Å². The third-order valence-electron chi connectivity index (χ3n) is 5.84. The minimum absolute atomic E-state index is 0.317. The molecule has 1 atom stereocenters. The number of allylic oxidation sites excluding steroid dienone is 1. The third-order valence-corrected chi connectivity index (χ3v) is 5.84. The number of morpholine rings is 1. The van der Waals surface area contributed by atoms with Crippen LogP contribution in [-0.2, 0) is 4.74 Å². The van der Waals surface area contributed by atoms with Crippen LogP contribution >= 0.6 is 0 Å². The Morgan fingerprint density at radius 2 is 2.08 bits per heavy atom. The van der Waals surface area contributed by atoms with Gasteiger partial charge in [-0.05, 0) is 43.7 Å². The van der Waals surface area contributed by atoms with Gasteiger partial charge >= 0.3 is 0 Å². The van der Waals surface area contributed by atoms with Crippen molar-refractivity contribution in [3.8, 4) is 0 Å². The maximum atomic E-state index is 5.54. The van der Waals surface area contributed by atoms with Gasteiger partial charge in [0.2, 0.25) is 0 Å². The average Bonchev–Trinajstić information content (AvgIpc) is 2.62. The second-order valence-electron chi connectivity index (χ2n) is 8.05. The Morgan fingerprint density at radius 1 is 1.28 bits per heavy atom. The summed E-state index contributed by atoms with van der Waals surface area (Å²) in [6.45, 7) is 12.6. The Bertz CT molecular complexity index is 576. The molecule has 3 rings (SSSR count). The topological polar surface area (TPSA) is 37.4 Å². The molecule has 0 aromatic carbocycles. The molecule has 1 saturated heterocycles. The van der Waals surface area contributed by atoms with E-state index in [0.717, 1.165) is 45.1 Å². The maximum Gasteiger partial charge on any atom is 0.0648 e. The van der Waals surface area contributed by atoms with Gasteiger partial charge < -0.3 is 10.1 Å². The normalized spacial score (nSPS) is 22.8. The minimum atomic E-state index is 0.317. The van der Waals surface area contributed by atoms with E-state index in [1.54, 1.807) is 11.1 Å². The van der Waals surface area contributed by atoms with Gasteiger partial charge in [-0.2, -0.15) is 0 Å². The maximum absolute atomic E-state index is 5.54. The first-order valence-corrected chi connectivity index (χ1v) is 9.70. The Kier molecular flexibility index (Phi) is 6.26. The van der Waals surface area contributed by atoms with Crippen molar-refractivity contribution >= 4 is 0 Å². The first-order chi connectivity index (χ1) is 12.1. The molecule has 1 unspecified atom stereocenters. The van der Waals surface area contributed by atoms with Crippen molar-refractivity contribution in [2.24, 2.45) is 5.41 Å². The molecule has 2 heterocycles. The third kappa shape index (κ3) is 4.69. The van der Waals surface area contributed by atoms with E-state index in [1.165, 1.54) is 19.3 Å². The standard InChI is InChI=1S/C21H33N3O/c1-17-7-6-9-21(2,3)18(17)15-22-16-20(19-8-4-5-10-23-19)24-11-13-25-14-12-24/h4-5,8,10,20,22H,6-7,9,11-16H2,1-3H3. The summed E-state index contributed by atoms with van der Waals surface area (Å²) in [7, 11) is 0. The van der Waals surface area contributed by atoms with Crippen molar-refractivity contribution in [2.45, 2.75) is 46.1 Å². The Hall–Kier alpha value is -1.23. The summed E-state index contributed by atoms with van der Waals surface area (Å²) in [5.41, 5.74) is 4.69. The van der Waals surface area contributed by atoms with Crippen molar-refractivity contribution in [3.63, 3.8) is 0 Å². The van der Waals surface area contributed by atoms with Crippen molar-refractivity contribution in [1.29, 1.82) is 0 Å². The van der Waals surface area contributed by atoms with Crippen LogP contribution < -0.4 is 5.32 Å². The fourth-order valence-corrected chi connectivity index (χ4v) is 4.28. The molecule has 2 aliphatic rings. The van der Waals surface area contributed by atoms with Crippen molar-refractivity contribution in [2.75, 3.05) is 39.4 Å². The summed E-state index contributed by atoms with van der Waals surface area (Å²) in [6, 6.07) is 6.55.